The van der Waals surface area contributed by atoms with Gasteiger partial charge in [0.15, 0.2) is 11.5 Å². The highest BCUT2D eigenvalue weighted by atomic mass is 16.5. The van der Waals surface area contributed by atoms with Crippen LogP contribution in [0.3, 0.4) is 0 Å². The smallest absolute Gasteiger partial charge is 0.161 e. The molecule has 0 radical (unpaired) electrons. The third kappa shape index (κ3) is 3.87. The molecular formula is C16H26N2O3. The zero-order valence-electron chi connectivity index (χ0n) is 13.4. The number of aliphatic hydroxyl groups is 1. The van der Waals surface area contributed by atoms with Crippen molar-refractivity contribution in [2.24, 2.45) is 0 Å². The first-order valence-electron chi connectivity index (χ1n) is 7.37. The first-order chi connectivity index (χ1) is 10.0. The van der Waals surface area contributed by atoms with E-state index < -0.39 is 6.10 Å². The maximum Gasteiger partial charge on any atom is 0.161 e. The molecule has 2 rings (SSSR count). The average Bonchev–Trinajstić information content (AvgIpc) is 2.49. The fraction of sp³-hybridized carbons (Fsp3) is 0.625. The summed E-state index contributed by atoms with van der Waals surface area (Å²) in [5.41, 5.74) is 0.860. The molecule has 1 fully saturated rings. The molecule has 1 aromatic carbocycles. The second-order valence-corrected chi connectivity index (χ2v) is 5.74. The average molecular weight is 294 g/mol. The molecule has 0 aliphatic carbocycles. The minimum absolute atomic E-state index is 0.457. The van der Waals surface area contributed by atoms with E-state index in [1.165, 1.54) is 0 Å². The molecule has 1 aliphatic heterocycles. The Morgan fingerprint density at radius 3 is 2.57 bits per heavy atom. The highest BCUT2D eigenvalue weighted by Gasteiger charge is 2.24. The number of methoxy groups -OCH3 is 2. The lowest BCUT2D eigenvalue weighted by Gasteiger charge is -2.39. The second-order valence-electron chi connectivity index (χ2n) is 5.74. The van der Waals surface area contributed by atoms with E-state index in [4.69, 9.17) is 9.47 Å². The Kier molecular flexibility index (Phi) is 5.45. The van der Waals surface area contributed by atoms with Crippen LogP contribution in [0, 0.1) is 0 Å². The zero-order valence-corrected chi connectivity index (χ0v) is 13.4. The molecule has 0 spiro atoms. The van der Waals surface area contributed by atoms with Gasteiger partial charge >= 0.3 is 0 Å². The molecule has 0 aromatic heterocycles. The Morgan fingerprint density at radius 2 is 1.95 bits per heavy atom. The molecule has 1 N–H and O–H groups in total. The van der Waals surface area contributed by atoms with Gasteiger partial charge in [0, 0.05) is 32.2 Å². The second kappa shape index (κ2) is 7.11. The van der Waals surface area contributed by atoms with Crippen molar-refractivity contribution in [1.82, 2.24) is 9.80 Å². The van der Waals surface area contributed by atoms with E-state index in [1.807, 2.05) is 18.2 Å². The third-order valence-corrected chi connectivity index (χ3v) is 4.17. The highest BCUT2D eigenvalue weighted by Crippen LogP contribution is 2.30. The van der Waals surface area contributed by atoms with Crippen LogP contribution in [0.25, 0.3) is 0 Å². The summed E-state index contributed by atoms with van der Waals surface area (Å²) in [5.74, 6) is 1.34. The van der Waals surface area contributed by atoms with Crippen LogP contribution in [0.1, 0.15) is 18.6 Å². The molecule has 0 saturated carbocycles. The number of benzene rings is 1. The fourth-order valence-corrected chi connectivity index (χ4v) is 2.84. The van der Waals surface area contributed by atoms with E-state index in [0.29, 0.717) is 24.1 Å². The summed E-state index contributed by atoms with van der Waals surface area (Å²) in [7, 11) is 5.36. The Bertz CT molecular complexity index is 467. The van der Waals surface area contributed by atoms with Gasteiger partial charge in [0.2, 0.25) is 0 Å². The molecule has 5 nitrogen and oxygen atoms in total. The minimum Gasteiger partial charge on any atom is -0.493 e. The van der Waals surface area contributed by atoms with Crippen LogP contribution < -0.4 is 9.47 Å². The van der Waals surface area contributed by atoms with Gasteiger partial charge in [-0.25, -0.2) is 0 Å². The summed E-state index contributed by atoms with van der Waals surface area (Å²) in [5, 5.41) is 10.5. The van der Waals surface area contributed by atoms with Crippen LogP contribution >= 0.6 is 0 Å². The molecule has 1 aromatic rings. The Morgan fingerprint density at radius 1 is 1.24 bits per heavy atom. The summed E-state index contributed by atoms with van der Waals surface area (Å²) in [6.45, 7) is 5.92. The monoisotopic (exact) mass is 294 g/mol. The van der Waals surface area contributed by atoms with Gasteiger partial charge in [0.1, 0.15) is 0 Å². The molecule has 0 amide bonds. The largest absolute Gasteiger partial charge is 0.493 e. The van der Waals surface area contributed by atoms with E-state index in [0.717, 1.165) is 25.2 Å². The van der Waals surface area contributed by atoms with Crippen molar-refractivity contribution in [2.75, 3.05) is 47.4 Å². The number of rotatable bonds is 5. The lowest BCUT2D eigenvalue weighted by Crippen LogP contribution is -2.51. The van der Waals surface area contributed by atoms with Crippen LogP contribution in [-0.4, -0.2) is 68.4 Å². The van der Waals surface area contributed by atoms with Crippen molar-refractivity contribution in [3.63, 3.8) is 0 Å². The molecule has 21 heavy (non-hydrogen) atoms. The molecule has 0 bridgehead atoms. The van der Waals surface area contributed by atoms with E-state index in [1.54, 1.807) is 14.2 Å². The molecule has 1 heterocycles. The zero-order chi connectivity index (χ0) is 15.4. The Hall–Kier alpha value is -1.30. The predicted molar refractivity (Wildman–Crippen MR) is 83.0 cm³/mol. The molecule has 118 valence electrons. The van der Waals surface area contributed by atoms with Gasteiger partial charge in [-0.1, -0.05) is 6.07 Å². The van der Waals surface area contributed by atoms with Crippen LogP contribution in [0.5, 0.6) is 11.5 Å². The van der Waals surface area contributed by atoms with E-state index in [2.05, 4.69) is 23.8 Å². The van der Waals surface area contributed by atoms with E-state index >= 15 is 0 Å². The van der Waals surface area contributed by atoms with Gasteiger partial charge in [-0.3, -0.25) is 4.90 Å². The van der Waals surface area contributed by atoms with Crippen molar-refractivity contribution >= 4 is 0 Å². The SMILES string of the molecule is COc1ccc(C(O)CN2CCN(C)CC2C)cc1OC. The first-order valence-corrected chi connectivity index (χ1v) is 7.37. The van der Waals surface area contributed by atoms with Crippen molar-refractivity contribution in [2.45, 2.75) is 19.1 Å². The summed E-state index contributed by atoms with van der Waals surface area (Å²) in [6, 6.07) is 6.04. The first kappa shape index (κ1) is 16.1. The summed E-state index contributed by atoms with van der Waals surface area (Å²) in [6.07, 6.45) is -0.518. The number of nitrogens with zero attached hydrogens (tertiary/aromatic N) is 2. The number of likely N-dealkylation sites (N-methyl/N-ethyl adjacent to an activating group) is 1. The topological polar surface area (TPSA) is 45.2 Å². The van der Waals surface area contributed by atoms with E-state index in [9.17, 15) is 5.11 Å². The lowest BCUT2D eigenvalue weighted by molar-refractivity contribution is 0.0473. The third-order valence-electron chi connectivity index (χ3n) is 4.17. The fourth-order valence-electron chi connectivity index (χ4n) is 2.84. The summed E-state index contributed by atoms with van der Waals surface area (Å²) in [4.78, 5) is 4.66. The Labute approximate surface area is 127 Å². The quantitative estimate of drug-likeness (QED) is 0.889. The van der Waals surface area contributed by atoms with Crippen molar-refractivity contribution < 1.29 is 14.6 Å². The number of hydrogen-bond acceptors (Lipinski definition) is 5. The summed E-state index contributed by atoms with van der Waals surface area (Å²) >= 11 is 0. The normalized spacial score (nSPS) is 22.0. The predicted octanol–water partition coefficient (Wildman–Crippen LogP) is 1.37. The number of β-amino-alcohol motifs (C(OH)–C–C–N with tert-alkyl or cyclic N) is 1. The summed E-state index contributed by atoms with van der Waals surface area (Å²) < 4.78 is 10.5. The van der Waals surface area contributed by atoms with Crippen LogP contribution in [0.15, 0.2) is 18.2 Å². The van der Waals surface area contributed by atoms with Crippen molar-refractivity contribution in [3.8, 4) is 11.5 Å². The molecule has 5 heteroatoms. The van der Waals surface area contributed by atoms with Crippen molar-refractivity contribution in [3.05, 3.63) is 23.8 Å². The van der Waals surface area contributed by atoms with E-state index in [-0.39, 0.29) is 0 Å². The van der Waals surface area contributed by atoms with Crippen molar-refractivity contribution in [1.29, 1.82) is 0 Å². The molecule has 2 unspecified atom stereocenters. The minimum atomic E-state index is -0.518. The standard InChI is InChI=1S/C16H26N2O3/c1-12-10-17(2)7-8-18(12)11-14(19)13-5-6-15(20-3)16(9-13)21-4/h5-6,9,12,14,19H,7-8,10-11H2,1-4H3. The number of hydrogen-bond donors (Lipinski definition) is 1. The van der Waals surface area contributed by atoms with Gasteiger partial charge in [-0.2, -0.15) is 0 Å². The van der Waals surface area contributed by atoms with Gasteiger partial charge < -0.3 is 19.5 Å². The molecule has 1 aliphatic rings. The van der Waals surface area contributed by atoms with Gasteiger partial charge in [0.05, 0.1) is 20.3 Å². The molecule has 2 atom stereocenters. The molecular weight excluding hydrogens is 268 g/mol. The number of ether oxygens (including phenoxy) is 2. The van der Waals surface area contributed by atoms with Gasteiger partial charge in [-0.05, 0) is 31.7 Å². The lowest BCUT2D eigenvalue weighted by atomic mass is 10.1. The van der Waals surface area contributed by atoms with Gasteiger partial charge in [0.25, 0.3) is 0 Å². The highest BCUT2D eigenvalue weighted by molar-refractivity contribution is 5.43. The Balaban J connectivity index is 2.04. The van der Waals surface area contributed by atoms with Crippen LogP contribution in [0.2, 0.25) is 0 Å². The van der Waals surface area contributed by atoms with Crippen LogP contribution in [-0.2, 0) is 0 Å². The maximum absolute atomic E-state index is 10.5. The number of aliphatic hydroxyl groups excluding tert-OH is 1. The number of piperazine rings is 1. The van der Waals surface area contributed by atoms with Crippen LogP contribution in [0.4, 0.5) is 0 Å². The van der Waals surface area contributed by atoms with Gasteiger partial charge in [-0.15, -0.1) is 0 Å². The molecule has 1 saturated heterocycles. The maximum atomic E-state index is 10.5.